The summed E-state index contributed by atoms with van der Waals surface area (Å²) >= 11 is 0. The number of anilines is 2. The lowest BCUT2D eigenvalue weighted by atomic mass is 10.2. The normalized spacial score (nSPS) is 10.5. The first-order valence-corrected chi connectivity index (χ1v) is 5.97. The summed E-state index contributed by atoms with van der Waals surface area (Å²) in [5.41, 5.74) is 1.19. The van der Waals surface area contributed by atoms with Crippen LogP contribution in [0.1, 0.15) is 5.56 Å². The van der Waals surface area contributed by atoms with E-state index in [-0.39, 0.29) is 0 Å². The van der Waals surface area contributed by atoms with Gasteiger partial charge < -0.3 is 10.4 Å². The van der Waals surface area contributed by atoms with Crippen molar-refractivity contribution in [3.8, 4) is 0 Å². The minimum Gasteiger partial charge on any atom is -0.478 e. The van der Waals surface area contributed by atoms with E-state index in [2.05, 4.69) is 20.7 Å². The molecule has 0 saturated heterocycles. The highest BCUT2D eigenvalue weighted by Gasteiger charge is 2.06. The van der Waals surface area contributed by atoms with Gasteiger partial charge in [-0.25, -0.2) is 14.3 Å². The number of urea groups is 1. The number of aromatic nitrogens is 3. The van der Waals surface area contributed by atoms with Gasteiger partial charge in [0.15, 0.2) is 0 Å². The fourth-order valence-electron chi connectivity index (χ4n) is 1.56. The largest absolute Gasteiger partial charge is 0.478 e. The lowest BCUT2D eigenvalue weighted by Crippen LogP contribution is -2.21. The van der Waals surface area contributed by atoms with Crippen LogP contribution >= 0.6 is 0 Å². The van der Waals surface area contributed by atoms with Gasteiger partial charge >= 0.3 is 12.0 Å². The molecule has 0 aliphatic rings. The Morgan fingerprint density at radius 2 is 2.14 bits per heavy atom. The minimum absolute atomic E-state index is 0.314. The van der Waals surface area contributed by atoms with Gasteiger partial charge in [-0.1, -0.05) is 12.1 Å². The van der Waals surface area contributed by atoms with E-state index in [0.29, 0.717) is 17.2 Å². The van der Waals surface area contributed by atoms with E-state index in [0.717, 1.165) is 6.08 Å². The molecule has 2 amide bonds. The molecule has 0 unspecified atom stereocenters. The van der Waals surface area contributed by atoms with Crippen molar-refractivity contribution in [1.29, 1.82) is 0 Å². The zero-order valence-corrected chi connectivity index (χ0v) is 11.1. The minimum atomic E-state index is -1.03. The lowest BCUT2D eigenvalue weighted by Gasteiger charge is -2.07. The van der Waals surface area contributed by atoms with Gasteiger partial charge in [0.1, 0.15) is 6.33 Å². The monoisotopic (exact) mass is 287 g/mol. The molecule has 3 N–H and O–H groups in total. The van der Waals surface area contributed by atoms with Gasteiger partial charge in [0.25, 0.3) is 0 Å². The number of nitrogens with one attached hydrogen (secondary N) is 2. The molecular weight excluding hydrogens is 274 g/mol. The summed E-state index contributed by atoms with van der Waals surface area (Å²) in [7, 11) is 1.65. The number of aliphatic carboxylic acids is 1. The Bertz CT molecular complexity index is 693. The van der Waals surface area contributed by atoms with Gasteiger partial charge in [0.05, 0.1) is 0 Å². The molecule has 2 aromatic rings. The van der Waals surface area contributed by atoms with Crippen LogP contribution in [0.3, 0.4) is 0 Å². The number of amides is 2. The molecule has 0 aliphatic heterocycles. The van der Waals surface area contributed by atoms with Crippen molar-refractivity contribution in [3.63, 3.8) is 0 Å². The number of benzene rings is 1. The van der Waals surface area contributed by atoms with E-state index in [1.807, 2.05) is 0 Å². The lowest BCUT2D eigenvalue weighted by molar-refractivity contribution is -0.131. The zero-order chi connectivity index (χ0) is 15.2. The van der Waals surface area contributed by atoms with Crippen molar-refractivity contribution in [1.82, 2.24) is 14.8 Å². The second kappa shape index (κ2) is 6.33. The Hall–Kier alpha value is -3.16. The van der Waals surface area contributed by atoms with Crippen LogP contribution in [-0.4, -0.2) is 31.9 Å². The summed E-state index contributed by atoms with van der Waals surface area (Å²) in [5, 5.41) is 17.6. The summed E-state index contributed by atoms with van der Waals surface area (Å²) in [4.78, 5) is 26.1. The highest BCUT2D eigenvalue weighted by Crippen LogP contribution is 2.12. The van der Waals surface area contributed by atoms with Crippen LogP contribution in [0, 0.1) is 0 Å². The smallest absolute Gasteiger partial charge is 0.328 e. The molecule has 1 heterocycles. The average molecular weight is 287 g/mol. The topological polar surface area (TPSA) is 109 Å². The molecule has 108 valence electrons. The first kappa shape index (κ1) is 14.3. The van der Waals surface area contributed by atoms with Gasteiger partial charge in [-0.2, -0.15) is 10.1 Å². The molecule has 0 atom stereocenters. The molecule has 0 bridgehead atoms. The standard InChI is InChI=1S/C13H13N5O3/c1-18-12(14-8-15-18)17-13(21)16-10-4-2-3-9(7-10)5-6-11(19)20/h2-8H,1H3,(H,19,20)(H2,14,15,16,17,21)/b6-5+. The van der Waals surface area contributed by atoms with Crippen LogP contribution in [-0.2, 0) is 11.8 Å². The van der Waals surface area contributed by atoms with E-state index in [1.54, 1.807) is 31.3 Å². The third-order valence-corrected chi connectivity index (χ3v) is 2.50. The third-order valence-electron chi connectivity index (χ3n) is 2.50. The van der Waals surface area contributed by atoms with Crippen LogP contribution in [0.4, 0.5) is 16.4 Å². The van der Waals surface area contributed by atoms with Crippen molar-refractivity contribution in [2.75, 3.05) is 10.6 Å². The summed E-state index contributed by atoms with van der Waals surface area (Å²) < 4.78 is 1.42. The molecule has 0 spiro atoms. The summed E-state index contributed by atoms with van der Waals surface area (Å²) in [6.07, 6.45) is 3.79. The predicted octanol–water partition coefficient (Wildman–Crippen LogP) is 1.56. The molecule has 21 heavy (non-hydrogen) atoms. The number of rotatable bonds is 4. The average Bonchev–Trinajstić information content (AvgIpc) is 2.82. The van der Waals surface area contributed by atoms with E-state index in [1.165, 1.54) is 17.1 Å². The second-order valence-corrected chi connectivity index (χ2v) is 4.08. The maximum absolute atomic E-state index is 11.8. The van der Waals surface area contributed by atoms with Crippen molar-refractivity contribution in [2.24, 2.45) is 7.05 Å². The number of carboxylic acids is 1. The quantitative estimate of drug-likeness (QED) is 0.739. The van der Waals surface area contributed by atoms with Crippen LogP contribution < -0.4 is 10.6 Å². The molecule has 0 fully saturated rings. The van der Waals surface area contributed by atoms with Crippen molar-refractivity contribution in [2.45, 2.75) is 0 Å². The molecule has 0 saturated carbocycles. The number of carbonyl (C=O) groups is 2. The Morgan fingerprint density at radius 1 is 1.33 bits per heavy atom. The Balaban J connectivity index is 2.02. The number of carbonyl (C=O) groups excluding carboxylic acids is 1. The second-order valence-electron chi connectivity index (χ2n) is 4.08. The van der Waals surface area contributed by atoms with E-state index in [4.69, 9.17) is 5.11 Å². The highest BCUT2D eigenvalue weighted by molar-refractivity contribution is 5.98. The van der Waals surface area contributed by atoms with Crippen LogP contribution in [0.25, 0.3) is 6.08 Å². The van der Waals surface area contributed by atoms with E-state index < -0.39 is 12.0 Å². The zero-order valence-electron chi connectivity index (χ0n) is 11.1. The Labute approximate surface area is 120 Å². The van der Waals surface area contributed by atoms with Gasteiger partial charge in [-0.05, 0) is 23.8 Å². The first-order valence-electron chi connectivity index (χ1n) is 5.97. The van der Waals surface area contributed by atoms with E-state index >= 15 is 0 Å². The predicted molar refractivity (Wildman–Crippen MR) is 76.8 cm³/mol. The van der Waals surface area contributed by atoms with Gasteiger partial charge in [-0.3, -0.25) is 5.32 Å². The van der Waals surface area contributed by atoms with Crippen LogP contribution in [0.2, 0.25) is 0 Å². The maximum atomic E-state index is 11.8. The molecule has 0 aliphatic carbocycles. The van der Waals surface area contributed by atoms with E-state index in [9.17, 15) is 9.59 Å². The summed E-state index contributed by atoms with van der Waals surface area (Å²) in [5.74, 6) is -0.720. The number of nitrogens with zero attached hydrogens (tertiary/aromatic N) is 3. The first-order chi connectivity index (χ1) is 10.0. The Kier molecular flexibility index (Phi) is 4.30. The number of aryl methyl sites for hydroxylation is 1. The van der Waals surface area contributed by atoms with Crippen molar-refractivity contribution in [3.05, 3.63) is 42.2 Å². The summed E-state index contributed by atoms with van der Waals surface area (Å²) in [6, 6.07) is 6.31. The fraction of sp³-hybridized carbons (Fsp3) is 0.0769. The Morgan fingerprint density at radius 3 is 2.81 bits per heavy atom. The van der Waals surface area contributed by atoms with Gasteiger partial charge in [0, 0.05) is 18.8 Å². The summed E-state index contributed by atoms with van der Waals surface area (Å²) in [6.45, 7) is 0. The molecule has 8 heteroatoms. The van der Waals surface area contributed by atoms with Crippen molar-refractivity contribution >= 4 is 29.7 Å². The number of carboxylic acid groups (broad SMARTS) is 1. The van der Waals surface area contributed by atoms with Crippen LogP contribution in [0.5, 0.6) is 0 Å². The highest BCUT2D eigenvalue weighted by atomic mass is 16.4. The molecule has 0 radical (unpaired) electrons. The maximum Gasteiger partial charge on any atom is 0.328 e. The van der Waals surface area contributed by atoms with Gasteiger partial charge in [-0.15, -0.1) is 0 Å². The van der Waals surface area contributed by atoms with Crippen molar-refractivity contribution < 1.29 is 14.7 Å². The molecular formula is C13H13N5O3. The molecule has 1 aromatic carbocycles. The molecule has 8 nitrogen and oxygen atoms in total. The molecule has 2 rings (SSSR count). The van der Waals surface area contributed by atoms with Crippen LogP contribution in [0.15, 0.2) is 36.7 Å². The fourth-order valence-corrected chi connectivity index (χ4v) is 1.56. The number of hydrogen-bond donors (Lipinski definition) is 3. The van der Waals surface area contributed by atoms with Gasteiger partial charge in [0.2, 0.25) is 5.95 Å². The third kappa shape index (κ3) is 4.16. The molecule has 1 aromatic heterocycles. The number of hydrogen-bond acceptors (Lipinski definition) is 4. The SMILES string of the molecule is Cn1ncnc1NC(=O)Nc1cccc(/C=C/C(=O)O)c1.